The van der Waals surface area contributed by atoms with Crippen molar-refractivity contribution in [2.75, 3.05) is 0 Å². The molecule has 1 aromatic carbocycles. The molecule has 1 rings (SSSR count). The van der Waals surface area contributed by atoms with Crippen molar-refractivity contribution in [3.63, 3.8) is 0 Å². The Bertz CT molecular complexity index is 350. The highest BCUT2D eigenvalue weighted by Crippen LogP contribution is 2.34. The van der Waals surface area contributed by atoms with E-state index in [1.54, 1.807) is 0 Å². The second-order valence-corrected chi connectivity index (χ2v) is 7.36. The molecule has 0 heterocycles. The maximum atomic E-state index is 5.81. The van der Waals surface area contributed by atoms with Crippen molar-refractivity contribution in [3.8, 4) is 0 Å². The van der Waals surface area contributed by atoms with Gasteiger partial charge in [0.1, 0.15) is 0 Å². The topological polar surface area (TPSA) is 26.0 Å². The molecule has 1 nitrogen and oxygen atoms in total. The van der Waals surface area contributed by atoms with Crippen molar-refractivity contribution in [3.05, 3.63) is 29.3 Å². The lowest BCUT2D eigenvalue weighted by molar-refractivity contribution is 0.737. The molecule has 0 spiro atoms. The largest absolute Gasteiger partial charge is 0.328 e. The minimum absolute atomic E-state index is 0.237. The van der Waals surface area contributed by atoms with Crippen molar-refractivity contribution >= 4 is 11.8 Å². The van der Waals surface area contributed by atoms with Gasteiger partial charge < -0.3 is 5.73 Å². The van der Waals surface area contributed by atoms with Crippen molar-refractivity contribution in [2.45, 2.75) is 56.7 Å². The summed E-state index contributed by atoms with van der Waals surface area (Å²) in [7, 11) is 0. The first kappa shape index (κ1) is 13.6. The van der Waals surface area contributed by atoms with E-state index in [4.69, 9.17) is 5.73 Å². The highest BCUT2D eigenvalue weighted by atomic mass is 32.2. The van der Waals surface area contributed by atoms with E-state index in [2.05, 4.69) is 45.9 Å². The number of aryl methyl sites for hydroxylation is 1. The molecule has 0 bridgehead atoms. The molecule has 0 fully saturated rings. The Hall–Kier alpha value is -0.470. The average Bonchev–Trinajstić information content (AvgIpc) is 2.06. The smallest absolute Gasteiger partial charge is 0.0122 e. The van der Waals surface area contributed by atoms with Crippen molar-refractivity contribution in [2.24, 2.45) is 5.73 Å². The summed E-state index contributed by atoms with van der Waals surface area (Å²) in [5, 5.41) is 0. The van der Waals surface area contributed by atoms with E-state index in [0.29, 0.717) is 0 Å². The van der Waals surface area contributed by atoms with Crippen LogP contribution in [0.5, 0.6) is 0 Å². The molecule has 16 heavy (non-hydrogen) atoms. The molecule has 0 aromatic heterocycles. The molecule has 0 saturated carbocycles. The maximum Gasteiger partial charge on any atom is 0.0122 e. The van der Waals surface area contributed by atoms with Gasteiger partial charge in [-0.15, -0.1) is 11.8 Å². The second kappa shape index (κ2) is 5.24. The van der Waals surface area contributed by atoms with Crippen LogP contribution in [-0.4, -0.2) is 10.8 Å². The van der Waals surface area contributed by atoms with Crippen LogP contribution in [0.25, 0.3) is 0 Å². The molecule has 90 valence electrons. The molecule has 2 heteroatoms. The lowest BCUT2D eigenvalue weighted by Gasteiger charge is -2.19. The Morgan fingerprint density at radius 2 is 1.94 bits per heavy atom. The fraction of sp³-hybridized carbons (Fsp3) is 0.571. The van der Waals surface area contributed by atoms with Gasteiger partial charge in [-0.25, -0.2) is 0 Å². The zero-order valence-corrected chi connectivity index (χ0v) is 11.8. The summed E-state index contributed by atoms with van der Waals surface area (Å²) in [4.78, 5) is 1.38. The lowest BCUT2D eigenvalue weighted by atomic mass is 10.1. The van der Waals surface area contributed by atoms with Crippen LogP contribution in [0.2, 0.25) is 0 Å². The third-order valence-electron chi connectivity index (χ3n) is 2.21. The number of rotatable bonds is 3. The number of benzene rings is 1. The molecular weight excluding hydrogens is 214 g/mol. The predicted molar refractivity (Wildman–Crippen MR) is 74.1 cm³/mol. The van der Waals surface area contributed by atoms with Gasteiger partial charge in [-0.2, -0.15) is 0 Å². The Labute approximate surface area is 104 Å². The first-order valence-corrected chi connectivity index (χ1v) is 6.64. The molecule has 0 amide bonds. The highest BCUT2D eigenvalue weighted by molar-refractivity contribution is 8.00. The summed E-state index contributed by atoms with van der Waals surface area (Å²) in [6.45, 7) is 11.0. The van der Waals surface area contributed by atoms with Gasteiger partial charge in [-0.05, 0) is 37.5 Å². The summed E-state index contributed by atoms with van der Waals surface area (Å²) in [6, 6.07) is 6.92. The van der Waals surface area contributed by atoms with Gasteiger partial charge in [-0.1, -0.05) is 32.9 Å². The van der Waals surface area contributed by atoms with Crippen LogP contribution in [0.4, 0.5) is 0 Å². The second-order valence-electron chi connectivity index (χ2n) is 5.50. The van der Waals surface area contributed by atoms with Gasteiger partial charge in [-0.3, -0.25) is 0 Å². The van der Waals surface area contributed by atoms with E-state index in [1.807, 2.05) is 18.7 Å². The van der Waals surface area contributed by atoms with Crippen LogP contribution in [0, 0.1) is 6.92 Å². The summed E-state index contributed by atoms with van der Waals surface area (Å²) >= 11 is 1.92. The molecule has 1 atom stereocenters. The first-order chi connectivity index (χ1) is 7.28. The lowest BCUT2D eigenvalue weighted by Crippen LogP contribution is -2.17. The van der Waals surface area contributed by atoms with Gasteiger partial charge in [0, 0.05) is 15.7 Å². The van der Waals surface area contributed by atoms with Crippen LogP contribution in [0.3, 0.4) is 0 Å². The highest BCUT2D eigenvalue weighted by Gasteiger charge is 2.13. The standard InChI is InChI=1S/C14H23NS/c1-10-8-12(9-11(2)15)6-7-13(10)16-14(3,4)5/h6-8,11H,9,15H2,1-5H3. The molecule has 0 aliphatic heterocycles. The van der Waals surface area contributed by atoms with Gasteiger partial charge in [0.15, 0.2) is 0 Å². The number of thioether (sulfide) groups is 1. The number of nitrogens with two attached hydrogens (primary N) is 1. The maximum absolute atomic E-state index is 5.81. The fourth-order valence-electron chi connectivity index (χ4n) is 1.65. The van der Waals surface area contributed by atoms with E-state index in [0.717, 1.165) is 6.42 Å². The molecular formula is C14H23NS. The summed E-state index contributed by atoms with van der Waals surface area (Å²) < 4.78 is 0.271. The van der Waals surface area contributed by atoms with Gasteiger partial charge in [0.25, 0.3) is 0 Å². The quantitative estimate of drug-likeness (QED) is 0.810. The average molecular weight is 237 g/mol. The van der Waals surface area contributed by atoms with E-state index < -0.39 is 0 Å². The molecule has 1 unspecified atom stereocenters. The normalized spacial score (nSPS) is 13.9. The van der Waals surface area contributed by atoms with Gasteiger partial charge >= 0.3 is 0 Å². The van der Waals surface area contributed by atoms with E-state index >= 15 is 0 Å². The zero-order chi connectivity index (χ0) is 12.3. The first-order valence-electron chi connectivity index (χ1n) is 5.82. The van der Waals surface area contributed by atoms with Crippen molar-refractivity contribution in [1.82, 2.24) is 0 Å². The number of hydrogen-bond donors (Lipinski definition) is 1. The third-order valence-corrected chi connectivity index (χ3v) is 3.50. The minimum atomic E-state index is 0.237. The minimum Gasteiger partial charge on any atom is -0.328 e. The fourth-order valence-corrected chi connectivity index (χ4v) is 2.67. The molecule has 0 saturated heterocycles. The van der Waals surface area contributed by atoms with Crippen LogP contribution in [0.15, 0.2) is 23.1 Å². The molecule has 2 N–H and O–H groups in total. The van der Waals surface area contributed by atoms with E-state index in [1.165, 1.54) is 16.0 Å². The van der Waals surface area contributed by atoms with Crippen LogP contribution >= 0.6 is 11.8 Å². The summed E-state index contributed by atoms with van der Waals surface area (Å²) in [5.74, 6) is 0. The Morgan fingerprint density at radius 1 is 1.31 bits per heavy atom. The molecule has 0 aliphatic carbocycles. The monoisotopic (exact) mass is 237 g/mol. The van der Waals surface area contributed by atoms with E-state index in [-0.39, 0.29) is 10.8 Å². The van der Waals surface area contributed by atoms with Gasteiger partial charge in [0.05, 0.1) is 0 Å². The van der Waals surface area contributed by atoms with Crippen LogP contribution in [-0.2, 0) is 6.42 Å². The molecule has 1 aromatic rings. The van der Waals surface area contributed by atoms with Crippen LogP contribution < -0.4 is 5.73 Å². The summed E-state index contributed by atoms with van der Waals surface area (Å²) in [6.07, 6.45) is 0.960. The van der Waals surface area contributed by atoms with Crippen LogP contribution in [0.1, 0.15) is 38.8 Å². The van der Waals surface area contributed by atoms with E-state index in [9.17, 15) is 0 Å². The third kappa shape index (κ3) is 4.58. The van der Waals surface area contributed by atoms with Gasteiger partial charge in [0.2, 0.25) is 0 Å². The van der Waals surface area contributed by atoms with Crippen molar-refractivity contribution < 1.29 is 0 Å². The summed E-state index contributed by atoms with van der Waals surface area (Å²) in [5.41, 5.74) is 8.51. The predicted octanol–water partition coefficient (Wildman–Crippen LogP) is 3.78. The Kier molecular flexibility index (Phi) is 4.45. The SMILES string of the molecule is Cc1cc(CC(C)N)ccc1SC(C)(C)C. The Balaban J connectivity index is 2.83. The van der Waals surface area contributed by atoms with Crippen molar-refractivity contribution in [1.29, 1.82) is 0 Å². The molecule has 0 radical (unpaired) electrons. The molecule has 0 aliphatic rings. The Morgan fingerprint density at radius 3 is 2.38 bits per heavy atom. The zero-order valence-electron chi connectivity index (χ0n) is 11.0. The number of hydrogen-bond acceptors (Lipinski definition) is 2.